The summed E-state index contributed by atoms with van der Waals surface area (Å²) in [5, 5.41) is 17.7. The summed E-state index contributed by atoms with van der Waals surface area (Å²) in [6.45, 7) is 0.842. The van der Waals surface area contributed by atoms with E-state index in [1.165, 1.54) is 4.90 Å². The van der Waals surface area contributed by atoms with Crippen LogP contribution in [0.5, 0.6) is 0 Å². The largest absolute Gasteiger partial charge is 0.383 e. The Morgan fingerprint density at radius 3 is 2.69 bits per heavy atom. The number of aliphatic hydroxyl groups is 1. The molecule has 2 heterocycles. The van der Waals surface area contributed by atoms with Crippen molar-refractivity contribution in [2.75, 3.05) is 18.4 Å². The smallest absolute Gasteiger partial charge is 0.252 e. The van der Waals surface area contributed by atoms with E-state index < -0.39 is 18.1 Å². The van der Waals surface area contributed by atoms with Crippen LogP contribution in [0.4, 0.5) is 5.69 Å². The number of para-hydroxylation sites is 1. The first-order chi connectivity index (χ1) is 14.0. The second-order valence-corrected chi connectivity index (χ2v) is 7.98. The van der Waals surface area contributed by atoms with Crippen LogP contribution < -0.4 is 10.6 Å². The lowest BCUT2D eigenvalue weighted by atomic mass is 10.1. The number of carbonyl (C=O) groups excluding carboxylic acids is 3. The molecule has 0 bridgehead atoms. The molecule has 1 fully saturated rings. The SMILES string of the molecule is O=C(C[C@@H](O)C(=O)N1CCC[C@H]1C(=O)Nc1ccccc1)NCCc1cccs1. The number of anilines is 1. The number of rotatable bonds is 8. The predicted molar refractivity (Wildman–Crippen MR) is 111 cm³/mol. The van der Waals surface area contributed by atoms with Gasteiger partial charge in [-0.05, 0) is 42.8 Å². The summed E-state index contributed by atoms with van der Waals surface area (Å²) in [5.41, 5.74) is 0.655. The summed E-state index contributed by atoms with van der Waals surface area (Å²) in [5.74, 6) is -1.24. The van der Waals surface area contributed by atoms with Gasteiger partial charge in [0.1, 0.15) is 12.1 Å². The maximum absolute atomic E-state index is 12.6. The van der Waals surface area contributed by atoms with Gasteiger partial charge < -0.3 is 20.6 Å². The van der Waals surface area contributed by atoms with E-state index in [9.17, 15) is 19.5 Å². The van der Waals surface area contributed by atoms with Gasteiger partial charge in [-0.1, -0.05) is 24.3 Å². The number of carbonyl (C=O) groups is 3. The molecule has 1 aromatic carbocycles. The Morgan fingerprint density at radius 1 is 1.17 bits per heavy atom. The molecule has 29 heavy (non-hydrogen) atoms. The molecule has 0 saturated carbocycles. The Labute approximate surface area is 173 Å². The highest BCUT2D eigenvalue weighted by Gasteiger charge is 2.37. The van der Waals surface area contributed by atoms with Gasteiger partial charge in [0, 0.05) is 23.7 Å². The van der Waals surface area contributed by atoms with Crippen molar-refractivity contribution in [3.05, 3.63) is 52.7 Å². The Balaban J connectivity index is 1.48. The highest BCUT2D eigenvalue weighted by atomic mass is 32.1. The van der Waals surface area contributed by atoms with E-state index >= 15 is 0 Å². The quantitative estimate of drug-likeness (QED) is 0.612. The average molecular weight is 416 g/mol. The number of nitrogens with one attached hydrogen (secondary N) is 2. The fraction of sp³-hybridized carbons (Fsp3) is 0.381. The summed E-state index contributed by atoms with van der Waals surface area (Å²) in [4.78, 5) is 39.8. The highest BCUT2D eigenvalue weighted by molar-refractivity contribution is 7.09. The molecule has 3 rings (SSSR count). The number of nitrogens with zero attached hydrogens (tertiary/aromatic N) is 1. The molecule has 1 aliphatic rings. The zero-order valence-corrected chi connectivity index (χ0v) is 16.9. The lowest BCUT2D eigenvalue weighted by Gasteiger charge is -2.26. The predicted octanol–water partition coefficient (Wildman–Crippen LogP) is 1.79. The molecule has 1 saturated heterocycles. The van der Waals surface area contributed by atoms with Crippen molar-refractivity contribution in [3.8, 4) is 0 Å². The van der Waals surface area contributed by atoms with Gasteiger partial charge in [-0.25, -0.2) is 0 Å². The fourth-order valence-corrected chi connectivity index (χ4v) is 4.07. The number of benzene rings is 1. The van der Waals surface area contributed by atoms with Gasteiger partial charge in [0.15, 0.2) is 0 Å². The average Bonchev–Trinajstić information content (AvgIpc) is 3.40. The maximum Gasteiger partial charge on any atom is 0.252 e. The Bertz CT molecular complexity index is 826. The normalized spacial score (nSPS) is 17.0. The van der Waals surface area contributed by atoms with Crippen LogP contribution in [0.2, 0.25) is 0 Å². The summed E-state index contributed by atoms with van der Waals surface area (Å²) < 4.78 is 0. The molecule has 0 spiro atoms. The fourth-order valence-electron chi connectivity index (χ4n) is 3.36. The highest BCUT2D eigenvalue weighted by Crippen LogP contribution is 2.21. The number of hydrogen-bond acceptors (Lipinski definition) is 5. The van der Waals surface area contributed by atoms with Crippen molar-refractivity contribution >= 4 is 34.7 Å². The summed E-state index contributed by atoms with van der Waals surface area (Å²) in [7, 11) is 0. The first-order valence-electron chi connectivity index (χ1n) is 9.68. The third kappa shape index (κ3) is 5.88. The monoisotopic (exact) mass is 415 g/mol. The van der Waals surface area contributed by atoms with Crippen LogP contribution in [0, 0.1) is 0 Å². The van der Waals surface area contributed by atoms with Crippen LogP contribution in [0.15, 0.2) is 47.8 Å². The van der Waals surface area contributed by atoms with Crippen LogP contribution in [0.25, 0.3) is 0 Å². The van der Waals surface area contributed by atoms with E-state index in [2.05, 4.69) is 10.6 Å². The summed E-state index contributed by atoms with van der Waals surface area (Å²) >= 11 is 1.61. The van der Waals surface area contributed by atoms with Crippen molar-refractivity contribution < 1.29 is 19.5 Å². The molecule has 1 aromatic heterocycles. The maximum atomic E-state index is 12.6. The number of hydrogen-bond donors (Lipinski definition) is 3. The second-order valence-electron chi connectivity index (χ2n) is 6.94. The minimum atomic E-state index is -1.46. The Kier molecular flexibility index (Phi) is 7.37. The van der Waals surface area contributed by atoms with Crippen LogP contribution in [0.3, 0.4) is 0 Å². The van der Waals surface area contributed by atoms with Gasteiger partial charge in [-0.2, -0.15) is 0 Å². The minimum absolute atomic E-state index is 0.283. The van der Waals surface area contributed by atoms with Gasteiger partial charge in [-0.15, -0.1) is 11.3 Å². The zero-order valence-electron chi connectivity index (χ0n) is 16.0. The van der Waals surface area contributed by atoms with Crippen LogP contribution in [-0.2, 0) is 20.8 Å². The van der Waals surface area contributed by atoms with Crippen molar-refractivity contribution in [2.45, 2.75) is 37.8 Å². The molecular weight excluding hydrogens is 390 g/mol. The van der Waals surface area contributed by atoms with E-state index in [-0.39, 0.29) is 18.2 Å². The molecule has 0 unspecified atom stereocenters. The molecule has 1 aliphatic heterocycles. The van der Waals surface area contributed by atoms with Gasteiger partial charge in [0.2, 0.25) is 11.8 Å². The van der Waals surface area contributed by atoms with Crippen LogP contribution in [-0.4, -0.2) is 53.0 Å². The third-order valence-corrected chi connectivity index (χ3v) is 5.75. The molecular formula is C21H25N3O4S. The molecule has 3 N–H and O–H groups in total. The van der Waals surface area contributed by atoms with Crippen molar-refractivity contribution in [2.24, 2.45) is 0 Å². The molecule has 3 amide bonds. The van der Waals surface area contributed by atoms with Gasteiger partial charge >= 0.3 is 0 Å². The number of amides is 3. The van der Waals surface area contributed by atoms with E-state index in [0.717, 1.165) is 4.88 Å². The van der Waals surface area contributed by atoms with E-state index in [1.54, 1.807) is 23.5 Å². The van der Waals surface area contributed by atoms with Crippen molar-refractivity contribution in [1.82, 2.24) is 10.2 Å². The first-order valence-corrected chi connectivity index (χ1v) is 10.6. The molecule has 0 radical (unpaired) electrons. The van der Waals surface area contributed by atoms with Crippen LogP contribution in [0.1, 0.15) is 24.1 Å². The van der Waals surface area contributed by atoms with Crippen LogP contribution >= 0.6 is 11.3 Å². The van der Waals surface area contributed by atoms with Crippen molar-refractivity contribution in [3.63, 3.8) is 0 Å². The summed E-state index contributed by atoms with van der Waals surface area (Å²) in [6, 6.07) is 12.3. The van der Waals surface area contributed by atoms with E-state index in [1.807, 2.05) is 35.7 Å². The lowest BCUT2D eigenvalue weighted by Crippen LogP contribution is -2.48. The van der Waals surface area contributed by atoms with Gasteiger partial charge in [-0.3, -0.25) is 14.4 Å². The second kappa shape index (κ2) is 10.2. The number of thiophene rings is 1. The third-order valence-electron chi connectivity index (χ3n) is 4.82. The van der Waals surface area contributed by atoms with Gasteiger partial charge in [0.25, 0.3) is 5.91 Å². The first kappa shape index (κ1) is 21.0. The Hall–Kier alpha value is -2.71. The van der Waals surface area contributed by atoms with Gasteiger partial charge in [0.05, 0.1) is 6.42 Å². The standard InChI is InChI=1S/C21H25N3O4S/c25-18(14-19(26)22-11-10-16-8-5-13-29-16)21(28)24-12-4-9-17(24)20(27)23-15-6-2-1-3-7-15/h1-3,5-8,13,17-18,25H,4,9-12,14H2,(H,22,26)(H,23,27)/t17-,18+/m0/s1. The molecule has 2 aromatic rings. The van der Waals surface area contributed by atoms with E-state index in [0.29, 0.717) is 38.0 Å². The minimum Gasteiger partial charge on any atom is -0.383 e. The number of likely N-dealkylation sites (tertiary alicyclic amines) is 1. The van der Waals surface area contributed by atoms with Crippen molar-refractivity contribution in [1.29, 1.82) is 0 Å². The molecule has 7 nitrogen and oxygen atoms in total. The molecule has 2 atom stereocenters. The Morgan fingerprint density at radius 2 is 1.97 bits per heavy atom. The topological polar surface area (TPSA) is 98.7 Å². The van der Waals surface area contributed by atoms with E-state index in [4.69, 9.17) is 0 Å². The lowest BCUT2D eigenvalue weighted by molar-refractivity contribution is -0.146. The summed E-state index contributed by atoms with van der Waals surface area (Å²) in [6.07, 6.45) is 0.151. The molecule has 0 aliphatic carbocycles. The number of aliphatic hydroxyl groups excluding tert-OH is 1. The molecule has 8 heteroatoms. The molecule has 154 valence electrons. The zero-order chi connectivity index (χ0) is 20.6.